The van der Waals surface area contributed by atoms with E-state index in [1.807, 2.05) is 6.08 Å². The predicted molar refractivity (Wildman–Crippen MR) is 163 cm³/mol. The number of hydrogen-bond acceptors (Lipinski definition) is 6. The van der Waals surface area contributed by atoms with Crippen LogP contribution in [0.25, 0.3) is 6.08 Å². The molecular formula is C35H42F3N2O6+. The van der Waals surface area contributed by atoms with Gasteiger partial charge in [0.25, 0.3) is 5.91 Å². The van der Waals surface area contributed by atoms with E-state index in [1.165, 1.54) is 18.2 Å². The number of aliphatic hydroxyl groups excluding tert-OH is 1. The van der Waals surface area contributed by atoms with Crippen LogP contribution >= 0.6 is 0 Å². The van der Waals surface area contributed by atoms with Crippen LogP contribution in [0, 0.1) is 17.3 Å². The van der Waals surface area contributed by atoms with Crippen molar-refractivity contribution in [2.45, 2.75) is 83.2 Å². The van der Waals surface area contributed by atoms with Crippen molar-refractivity contribution in [2.24, 2.45) is 17.3 Å². The van der Waals surface area contributed by atoms with E-state index >= 15 is 0 Å². The molecule has 2 aliphatic heterocycles. The van der Waals surface area contributed by atoms with E-state index in [1.54, 1.807) is 18.2 Å². The Kier molecular flexibility index (Phi) is 8.16. The summed E-state index contributed by atoms with van der Waals surface area (Å²) in [5.41, 5.74) is -0.772. The zero-order chi connectivity index (χ0) is 33.1. The van der Waals surface area contributed by atoms with E-state index in [0.29, 0.717) is 23.5 Å². The Morgan fingerprint density at radius 1 is 1.24 bits per heavy atom. The summed E-state index contributed by atoms with van der Waals surface area (Å²) in [6.07, 6.45) is 1.64. The summed E-state index contributed by atoms with van der Waals surface area (Å²) in [6, 6.07) is 8.15. The van der Waals surface area contributed by atoms with Crippen molar-refractivity contribution >= 4 is 18.0 Å². The summed E-state index contributed by atoms with van der Waals surface area (Å²) in [5.74, 6) is -2.65. The molecule has 8 nitrogen and oxygen atoms in total. The molecule has 7 atom stereocenters. The maximum Gasteiger partial charge on any atom is 0.573 e. The molecule has 46 heavy (non-hydrogen) atoms. The first-order valence-corrected chi connectivity index (χ1v) is 16.1. The van der Waals surface area contributed by atoms with Gasteiger partial charge in [-0.15, -0.1) is 13.2 Å². The molecule has 3 unspecified atom stereocenters. The zero-order valence-electron chi connectivity index (χ0n) is 26.4. The number of amides is 1. The van der Waals surface area contributed by atoms with Crippen molar-refractivity contribution < 1.29 is 46.6 Å². The van der Waals surface area contributed by atoms with Crippen LogP contribution in [0.3, 0.4) is 0 Å². The minimum atomic E-state index is -5.18. The minimum Gasteiger partial charge on any atom is -0.508 e. The molecule has 0 aromatic heterocycles. The van der Waals surface area contributed by atoms with Gasteiger partial charge >= 0.3 is 12.3 Å². The van der Waals surface area contributed by atoms with Crippen molar-refractivity contribution in [3.05, 3.63) is 77.3 Å². The number of nitrogens with zero attached hydrogens (tertiary/aromatic N) is 1. The number of likely N-dealkylation sites (tertiary alicyclic amines) is 1. The molecule has 0 radical (unpaired) electrons. The van der Waals surface area contributed by atoms with Crippen LogP contribution in [0.2, 0.25) is 0 Å². The number of esters is 1. The molecule has 2 bridgehead atoms. The van der Waals surface area contributed by atoms with Gasteiger partial charge in [-0.2, -0.15) is 0 Å². The Morgan fingerprint density at radius 3 is 2.63 bits per heavy atom. The maximum absolute atomic E-state index is 13.7. The lowest BCUT2D eigenvalue weighted by Crippen LogP contribution is -2.71. The Bertz CT molecular complexity index is 1500. The van der Waals surface area contributed by atoms with E-state index < -0.39 is 41.2 Å². The van der Waals surface area contributed by atoms with Crippen molar-refractivity contribution in [1.82, 2.24) is 5.32 Å². The molecule has 3 aliphatic carbocycles. The highest BCUT2D eigenvalue weighted by atomic mass is 19.4. The standard InChI is InChI=1S/C35H41F3N2O6/c1-5-15-40(20-21(2)3)16-14-33-25-12-9-13-29(33)44-31-30(33)24(18-26(25)40)27(42)19-34(31,45-22(4)41)39-32(43)28(46-35(36,37)38)17-23-10-7-6-8-11-23/h5-8,10-11,17,19,21,25-26,29,31H,1,9,12-16,18,20H2,2-4H3,(H-,39,42,43)/p+1/t25-,26+,29-,31?,33+,34?,40?/m0/s1. The molecule has 6 rings (SSSR count). The van der Waals surface area contributed by atoms with Gasteiger partial charge in [-0.05, 0) is 36.1 Å². The highest BCUT2D eigenvalue weighted by Gasteiger charge is 2.72. The molecule has 2 heterocycles. The first kappa shape index (κ1) is 32.4. The van der Waals surface area contributed by atoms with Crippen LogP contribution < -0.4 is 5.32 Å². The first-order valence-electron chi connectivity index (χ1n) is 16.1. The number of allylic oxidation sites excluding steroid dienone is 1. The van der Waals surface area contributed by atoms with Gasteiger partial charge < -0.3 is 29.1 Å². The number of carbonyl (C=O) groups excluding carboxylic acids is 2. The molecule has 1 amide bonds. The first-order chi connectivity index (χ1) is 21.7. The molecule has 3 fully saturated rings. The van der Waals surface area contributed by atoms with Crippen molar-refractivity contribution in [2.75, 3.05) is 19.6 Å². The van der Waals surface area contributed by atoms with Crippen LogP contribution in [0.5, 0.6) is 0 Å². The molecule has 11 heteroatoms. The second-order valence-electron chi connectivity index (χ2n) is 13.8. The SMILES string of the molecule is C=CC[N+]1(CC(C)C)CC[C@@]23C4=C5C[C@@H]1[C@@H]2CCC[C@@H]3OC4C(NC(=O)C(=Cc1ccccc1)OC(F)(F)F)(OC(C)=O)C=C5O. The fourth-order valence-corrected chi connectivity index (χ4v) is 9.47. The van der Waals surface area contributed by atoms with E-state index in [0.717, 1.165) is 68.4 Å². The van der Waals surface area contributed by atoms with Gasteiger partial charge in [-0.1, -0.05) is 57.2 Å². The fourth-order valence-electron chi connectivity index (χ4n) is 9.47. The highest BCUT2D eigenvalue weighted by Crippen LogP contribution is 2.68. The fraction of sp³-hybridized carbons (Fsp3) is 0.543. The van der Waals surface area contributed by atoms with Gasteiger partial charge in [0.1, 0.15) is 11.9 Å². The molecule has 1 aromatic rings. The highest BCUT2D eigenvalue weighted by molar-refractivity contribution is 5.96. The van der Waals surface area contributed by atoms with E-state index in [-0.39, 0.29) is 23.8 Å². The van der Waals surface area contributed by atoms with E-state index in [4.69, 9.17) is 9.47 Å². The summed E-state index contributed by atoms with van der Waals surface area (Å²) < 4.78 is 58.3. The molecule has 1 spiro atoms. The van der Waals surface area contributed by atoms with Crippen molar-refractivity contribution in [3.8, 4) is 0 Å². The number of carbonyl (C=O) groups is 2. The molecule has 248 valence electrons. The topological polar surface area (TPSA) is 94.1 Å². The van der Waals surface area contributed by atoms with Crippen LogP contribution in [-0.2, 0) is 23.8 Å². The number of hydrogen-bond donors (Lipinski definition) is 2. The Hall–Kier alpha value is -3.57. The summed E-state index contributed by atoms with van der Waals surface area (Å²) >= 11 is 0. The number of benzene rings is 1. The van der Waals surface area contributed by atoms with E-state index in [2.05, 4.69) is 30.5 Å². The summed E-state index contributed by atoms with van der Waals surface area (Å²) in [6.45, 7) is 12.3. The molecule has 1 saturated carbocycles. The number of quaternary nitrogens is 1. The molecule has 2 N–H and O–H groups in total. The van der Waals surface area contributed by atoms with Gasteiger partial charge in [0.15, 0.2) is 5.76 Å². The number of ether oxygens (including phenoxy) is 3. The second kappa shape index (κ2) is 11.6. The van der Waals surface area contributed by atoms with Crippen LogP contribution in [0.15, 0.2) is 71.7 Å². The molecular weight excluding hydrogens is 601 g/mol. The van der Waals surface area contributed by atoms with Gasteiger partial charge in [0.2, 0.25) is 5.72 Å². The van der Waals surface area contributed by atoms with Crippen LogP contribution in [0.4, 0.5) is 13.2 Å². The smallest absolute Gasteiger partial charge is 0.508 e. The van der Waals surface area contributed by atoms with Crippen LogP contribution in [0.1, 0.15) is 58.4 Å². The molecule has 2 saturated heterocycles. The van der Waals surface area contributed by atoms with Gasteiger partial charge in [0.05, 0.1) is 31.8 Å². The summed E-state index contributed by atoms with van der Waals surface area (Å²) in [5, 5.41) is 14.3. The maximum atomic E-state index is 13.7. The quantitative estimate of drug-likeness (QED) is 0.0847. The number of aliphatic hydroxyl groups is 1. The van der Waals surface area contributed by atoms with Crippen molar-refractivity contribution in [3.63, 3.8) is 0 Å². The van der Waals surface area contributed by atoms with Gasteiger partial charge in [-0.25, -0.2) is 0 Å². The third-order valence-corrected chi connectivity index (χ3v) is 10.6. The Morgan fingerprint density at radius 2 is 1.98 bits per heavy atom. The lowest BCUT2D eigenvalue weighted by molar-refractivity contribution is -0.960. The lowest BCUT2D eigenvalue weighted by Gasteiger charge is -2.63. The third kappa shape index (κ3) is 5.35. The third-order valence-electron chi connectivity index (χ3n) is 10.6. The lowest BCUT2D eigenvalue weighted by atomic mass is 9.49. The number of nitrogens with one attached hydrogen (secondary N) is 1. The van der Waals surface area contributed by atoms with Gasteiger partial charge in [-0.3, -0.25) is 9.59 Å². The number of piperidine rings is 1. The van der Waals surface area contributed by atoms with Crippen molar-refractivity contribution in [1.29, 1.82) is 0 Å². The second-order valence-corrected chi connectivity index (χ2v) is 13.8. The molecule has 1 aromatic carbocycles. The molecule has 5 aliphatic rings. The normalized spacial score (nSPS) is 34.8. The largest absolute Gasteiger partial charge is 0.573 e. The number of rotatable bonds is 9. The Balaban J connectivity index is 1.45. The van der Waals surface area contributed by atoms with Crippen LogP contribution in [-0.4, -0.2) is 71.4 Å². The summed E-state index contributed by atoms with van der Waals surface area (Å²) in [7, 11) is 0. The minimum absolute atomic E-state index is 0.168. The summed E-state index contributed by atoms with van der Waals surface area (Å²) in [4.78, 5) is 26.4. The van der Waals surface area contributed by atoms with E-state index in [9.17, 15) is 27.9 Å². The van der Waals surface area contributed by atoms with Gasteiger partial charge in [0, 0.05) is 48.7 Å². The predicted octanol–water partition coefficient (Wildman–Crippen LogP) is 6.08. The monoisotopic (exact) mass is 643 g/mol. The number of halogens is 3. The average molecular weight is 644 g/mol. The Labute approximate surface area is 267 Å². The number of alkyl halides is 3. The average Bonchev–Trinajstić information content (AvgIpc) is 3.30. The zero-order valence-corrected chi connectivity index (χ0v) is 26.4.